The lowest BCUT2D eigenvalue weighted by Gasteiger charge is -2.21. The van der Waals surface area contributed by atoms with Gasteiger partial charge in [-0.25, -0.2) is 4.98 Å². The van der Waals surface area contributed by atoms with Crippen LogP contribution in [0.3, 0.4) is 0 Å². The summed E-state index contributed by atoms with van der Waals surface area (Å²) in [7, 11) is 1.76. The van der Waals surface area contributed by atoms with Gasteiger partial charge in [0.2, 0.25) is 0 Å². The van der Waals surface area contributed by atoms with Gasteiger partial charge in [0.05, 0.1) is 12.8 Å². The van der Waals surface area contributed by atoms with Crippen LogP contribution in [-0.4, -0.2) is 31.1 Å². The Morgan fingerprint density at radius 1 is 1.12 bits per heavy atom. The molecule has 0 spiro atoms. The first kappa shape index (κ1) is 17.3. The van der Waals surface area contributed by atoms with Crippen molar-refractivity contribution in [2.24, 2.45) is 4.99 Å². The van der Waals surface area contributed by atoms with Crippen molar-refractivity contribution in [3.63, 3.8) is 0 Å². The number of hydrogen-bond acceptors (Lipinski definition) is 4. The van der Waals surface area contributed by atoms with E-state index in [0.717, 1.165) is 36.2 Å². The molecular formula is C19H27N5O. The van der Waals surface area contributed by atoms with Gasteiger partial charge in [-0.15, -0.1) is 0 Å². The summed E-state index contributed by atoms with van der Waals surface area (Å²) in [6.45, 7) is 3.53. The van der Waals surface area contributed by atoms with Gasteiger partial charge in [0.1, 0.15) is 11.6 Å². The van der Waals surface area contributed by atoms with Gasteiger partial charge < -0.3 is 20.0 Å². The van der Waals surface area contributed by atoms with Gasteiger partial charge in [0.25, 0.3) is 0 Å². The highest BCUT2D eigenvalue weighted by Gasteiger charge is 2.10. The Bertz CT molecular complexity index is 643. The summed E-state index contributed by atoms with van der Waals surface area (Å²) in [6, 6.07) is 8.08. The number of furan rings is 1. The van der Waals surface area contributed by atoms with Crippen LogP contribution in [0.4, 0.5) is 5.82 Å². The Morgan fingerprint density at radius 3 is 2.56 bits per heavy atom. The Kier molecular flexibility index (Phi) is 6.31. The number of hydrogen-bond donors (Lipinski definition) is 2. The van der Waals surface area contributed by atoms with E-state index in [1.165, 1.54) is 25.7 Å². The van der Waals surface area contributed by atoms with E-state index in [4.69, 9.17) is 4.42 Å². The monoisotopic (exact) mass is 341 g/mol. The molecule has 6 nitrogen and oxygen atoms in total. The molecule has 0 atom stereocenters. The van der Waals surface area contributed by atoms with E-state index in [1.807, 2.05) is 18.3 Å². The van der Waals surface area contributed by atoms with Crippen LogP contribution in [0.15, 0.2) is 46.1 Å². The quantitative estimate of drug-likeness (QED) is 0.647. The van der Waals surface area contributed by atoms with Gasteiger partial charge in [0.15, 0.2) is 5.96 Å². The topological polar surface area (TPSA) is 65.7 Å². The van der Waals surface area contributed by atoms with E-state index in [-0.39, 0.29) is 0 Å². The molecule has 0 unspecified atom stereocenters. The zero-order chi connectivity index (χ0) is 17.3. The standard InChI is InChI=1S/C19H27N5O/c1-20-19(23-15-17-7-6-12-25-17)22-14-16-8-9-18(21-13-16)24-10-4-2-3-5-11-24/h6-9,12-13H,2-5,10-11,14-15H2,1H3,(H2,20,22,23). The Hall–Kier alpha value is -2.50. The molecule has 0 amide bonds. The second-order valence-corrected chi connectivity index (χ2v) is 6.28. The molecule has 1 aliphatic heterocycles. The van der Waals surface area contributed by atoms with Crippen molar-refractivity contribution in [3.05, 3.63) is 48.0 Å². The predicted molar refractivity (Wildman–Crippen MR) is 101 cm³/mol. The van der Waals surface area contributed by atoms with Crippen LogP contribution in [0.2, 0.25) is 0 Å². The van der Waals surface area contributed by atoms with Crippen LogP contribution in [0.5, 0.6) is 0 Å². The number of pyridine rings is 1. The lowest BCUT2D eigenvalue weighted by molar-refractivity contribution is 0.501. The number of aliphatic imine (C=N–C) groups is 1. The van der Waals surface area contributed by atoms with Crippen LogP contribution in [0, 0.1) is 0 Å². The second kappa shape index (κ2) is 9.11. The van der Waals surface area contributed by atoms with E-state index >= 15 is 0 Å². The highest BCUT2D eigenvalue weighted by atomic mass is 16.3. The number of guanidine groups is 1. The number of rotatable bonds is 5. The van der Waals surface area contributed by atoms with Gasteiger partial charge >= 0.3 is 0 Å². The second-order valence-electron chi connectivity index (χ2n) is 6.28. The summed E-state index contributed by atoms with van der Waals surface area (Å²) in [6.07, 6.45) is 8.83. The molecule has 2 aromatic rings. The molecular weight excluding hydrogens is 314 g/mol. The average Bonchev–Trinajstić information content (AvgIpc) is 3.03. The highest BCUT2D eigenvalue weighted by Crippen LogP contribution is 2.17. The molecule has 3 heterocycles. The molecule has 1 saturated heterocycles. The number of nitrogens with one attached hydrogen (secondary N) is 2. The maximum absolute atomic E-state index is 5.31. The molecule has 1 aliphatic rings. The van der Waals surface area contributed by atoms with Crippen molar-refractivity contribution in [3.8, 4) is 0 Å². The Morgan fingerprint density at radius 2 is 1.92 bits per heavy atom. The van der Waals surface area contributed by atoms with Crippen molar-refractivity contribution in [1.82, 2.24) is 15.6 Å². The van der Waals surface area contributed by atoms with E-state index in [9.17, 15) is 0 Å². The minimum absolute atomic E-state index is 0.610. The van der Waals surface area contributed by atoms with Gasteiger partial charge in [-0.3, -0.25) is 4.99 Å². The molecule has 0 saturated carbocycles. The number of nitrogens with zero attached hydrogens (tertiary/aromatic N) is 3. The van der Waals surface area contributed by atoms with Crippen LogP contribution < -0.4 is 15.5 Å². The molecule has 6 heteroatoms. The Labute approximate surface area is 149 Å². The summed E-state index contributed by atoms with van der Waals surface area (Å²) >= 11 is 0. The third-order valence-electron chi connectivity index (χ3n) is 4.43. The maximum Gasteiger partial charge on any atom is 0.191 e. The van der Waals surface area contributed by atoms with E-state index in [2.05, 4.69) is 37.6 Å². The first-order valence-electron chi connectivity index (χ1n) is 9.02. The highest BCUT2D eigenvalue weighted by molar-refractivity contribution is 5.79. The fraction of sp³-hybridized carbons (Fsp3) is 0.474. The van der Waals surface area contributed by atoms with Crippen LogP contribution >= 0.6 is 0 Å². The summed E-state index contributed by atoms with van der Waals surface area (Å²) in [5, 5.41) is 6.53. The Balaban J connectivity index is 1.48. The zero-order valence-electron chi connectivity index (χ0n) is 14.9. The van der Waals surface area contributed by atoms with Gasteiger partial charge in [0, 0.05) is 32.9 Å². The van der Waals surface area contributed by atoms with Crippen molar-refractivity contribution in [2.45, 2.75) is 38.8 Å². The summed E-state index contributed by atoms with van der Waals surface area (Å²) in [5.41, 5.74) is 1.14. The molecule has 134 valence electrons. The van der Waals surface area contributed by atoms with Crippen molar-refractivity contribution >= 4 is 11.8 Å². The maximum atomic E-state index is 5.31. The third kappa shape index (κ3) is 5.24. The lowest BCUT2D eigenvalue weighted by atomic mass is 10.2. The summed E-state index contributed by atoms with van der Waals surface area (Å²) in [5.74, 6) is 2.71. The fourth-order valence-electron chi connectivity index (χ4n) is 3.00. The van der Waals surface area contributed by atoms with E-state index in [0.29, 0.717) is 13.1 Å². The molecule has 1 fully saturated rings. The van der Waals surface area contributed by atoms with Crippen LogP contribution in [0.1, 0.15) is 37.0 Å². The predicted octanol–water partition coefficient (Wildman–Crippen LogP) is 2.92. The van der Waals surface area contributed by atoms with Gasteiger partial charge in [-0.05, 0) is 36.6 Å². The molecule has 0 radical (unpaired) electrons. The SMILES string of the molecule is CN=C(NCc1ccc(N2CCCCCC2)nc1)NCc1ccco1. The first-order chi connectivity index (χ1) is 12.3. The summed E-state index contributed by atoms with van der Waals surface area (Å²) in [4.78, 5) is 11.3. The van der Waals surface area contributed by atoms with Gasteiger partial charge in [-0.2, -0.15) is 0 Å². The van der Waals surface area contributed by atoms with E-state index < -0.39 is 0 Å². The first-order valence-corrected chi connectivity index (χ1v) is 9.02. The van der Waals surface area contributed by atoms with Crippen molar-refractivity contribution in [1.29, 1.82) is 0 Å². The molecule has 0 aromatic carbocycles. The molecule has 2 N–H and O–H groups in total. The minimum Gasteiger partial charge on any atom is -0.467 e. The number of anilines is 1. The lowest BCUT2D eigenvalue weighted by Crippen LogP contribution is -2.36. The molecule has 25 heavy (non-hydrogen) atoms. The summed E-state index contributed by atoms with van der Waals surface area (Å²) < 4.78 is 5.31. The molecule has 2 aromatic heterocycles. The largest absolute Gasteiger partial charge is 0.467 e. The molecule has 0 aliphatic carbocycles. The molecule has 0 bridgehead atoms. The van der Waals surface area contributed by atoms with Crippen LogP contribution in [0.25, 0.3) is 0 Å². The minimum atomic E-state index is 0.610. The normalized spacial score (nSPS) is 15.7. The fourth-order valence-corrected chi connectivity index (χ4v) is 3.00. The van der Waals surface area contributed by atoms with Crippen molar-refractivity contribution < 1.29 is 4.42 Å². The smallest absolute Gasteiger partial charge is 0.191 e. The molecule has 3 rings (SSSR count). The third-order valence-corrected chi connectivity index (χ3v) is 4.43. The van der Waals surface area contributed by atoms with Gasteiger partial charge in [-0.1, -0.05) is 18.9 Å². The zero-order valence-corrected chi connectivity index (χ0v) is 14.9. The average molecular weight is 341 g/mol. The van der Waals surface area contributed by atoms with E-state index in [1.54, 1.807) is 13.3 Å². The number of aromatic nitrogens is 1. The van der Waals surface area contributed by atoms with Crippen molar-refractivity contribution in [2.75, 3.05) is 25.0 Å². The van der Waals surface area contributed by atoms with Crippen LogP contribution in [-0.2, 0) is 13.1 Å².